The molecule has 2 aromatic rings. The number of benzene rings is 2. The van der Waals surface area contributed by atoms with E-state index in [1.165, 1.54) is 0 Å². The van der Waals surface area contributed by atoms with Gasteiger partial charge >= 0.3 is 5.97 Å². The van der Waals surface area contributed by atoms with Crippen molar-refractivity contribution in [3.8, 4) is 24.2 Å². The van der Waals surface area contributed by atoms with Crippen LogP contribution in [0.15, 0.2) is 60.7 Å². The van der Waals surface area contributed by atoms with Crippen LogP contribution in [0, 0.1) is 30.1 Å². The lowest BCUT2D eigenvalue weighted by atomic mass is 9.92. The second kappa shape index (κ2) is 7.73. The van der Waals surface area contributed by atoms with E-state index in [-0.39, 0.29) is 11.9 Å². The molecule has 0 spiro atoms. The molecular weight excluding hydrogens is 308 g/mol. The minimum atomic E-state index is -0.849. The van der Waals surface area contributed by atoms with Gasteiger partial charge in [-0.25, -0.2) is 4.79 Å². The summed E-state index contributed by atoms with van der Waals surface area (Å²) >= 11 is 0. The van der Waals surface area contributed by atoms with Crippen LogP contribution in [0.3, 0.4) is 0 Å². The average Bonchev–Trinajstić information content (AvgIpc) is 3.51. The Balaban J connectivity index is 1.68. The van der Waals surface area contributed by atoms with Gasteiger partial charge in [-0.3, -0.25) is 0 Å². The maximum absolute atomic E-state index is 12.5. The number of carbonyl (C=O) groups is 1. The molecule has 1 fully saturated rings. The highest BCUT2D eigenvalue weighted by molar-refractivity contribution is 5.89. The molecule has 1 unspecified atom stereocenters. The summed E-state index contributed by atoms with van der Waals surface area (Å²) in [5.41, 5.74) is 0.651. The second-order valence-corrected chi connectivity index (χ2v) is 6.23. The van der Waals surface area contributed by atoms with Gasteiger partial charge in [0.1, 0.15) is 0 Å². The van der Waals surface area contributed by atoms with E-state index in [1.54, 1.807) is 12.1 Å². The zero-order valence-corrected chi connectivity index (χ0v) is 14.1. The van der Waals surface area contributed by atoms with E-state index in [0.29, 0.717) is 18.4 Å². The minimum absolute atomic E-state index is 0.240. The van der Waals surface area contributed by atoms with Gasteiger partial charge in [-0.05, 0) is 37.1 Å². The molecule has 1 atom stereocenters. The van der Waals surface area contributed by atoms with Crippen molar-refractivity contribution < 1.29 is 9.53 Å². The van der Waals surface area contributed by atoms with E-state index >= 15 is 0 Å². The molecule has 1 saturated carbocycles. The van der Waals surface area contributed by atoms with Gasteiger partial charge in [0.15, 0.2) is 5.60 Å². The van der Waals surface area contributed by atoms with Crippen molar-refractivity contribution in [3.63, 3.8) is 0 Å². The number of rotatable bonds is 5. The predicted octanol–water partition coefficient (Wildman–Crippen LogP) is 4.46. The summed E-state index contributed by atoms with van der Waals surface area (Å²) in [5.74, 6) is 8.92. The number of hydrogen-bond donors (Lipinski definition) is 0. The lowest BCUT2D eigenvalue weighted by Gasteiger charge is -2.28. The van der Waals surface area contributed by atoms with Crippen LogP contribution in [-0.2, 0) is 4.74 Å². The van der Waals surface area contributed by atoms with Gasteiger partial charge in [0.05, 0.1) is 5.56 Å². The molecule has 2 heteroatoms. The first kappa shape index (κ1) is 16.9. The smallest absolute Gasteiger partial charge is 0.339 e. The molecule has 0 radical (unpaired) electrons. The van der Waals surface area contributed by atoms with Crippen molar-refractivity contribution in [1.82, 2.24) is 0 Å². The molecule has 0 N–H and O–H groups in total. The van der Waals surface area contributed by atoms with Crippen LogP contribution >= 0.6 is 0 Å². The molecule has 1 aliphatic carbocycles. The van der Waals surface area contributed by atoms with Crippen LogP contribution in [0.2, 0.25) is 0 Å². The summed E-state index contributed by atoms with van der Waals surface area (Å²) in [5, 5.41) is 0. The monoisotopic (exact) mass is 328 g/mol. The van der Waals surface area contributed by atoms with Crippen LogP contribution in [0.1, 0.15) is 41.6 Å². The summed E-state index contributed by atoms with van der Waals surface area (Å²) in [6.45, 7) is 0. The fraction of sp³-hybridized carbons (Fsp3) is 0.261. The number of ether oxygens (including phenoxy) is 1. The number of esters is 1. The van der Waals surface area contributed by atoms with Gasteiger partial charge in [-0.15, -0.1) is 6.42 Å². The fourth-order valence-corrected chi connectivity index (χ4v) is 2.84. The Morgan fingerprint density at radius 3 is 2.32 bits per heavy atom. The van der Waals surface area contributed by atoms with E-state index in [9.17, 15) is 4.79 Å². The molecule has 2 nitrogen and oxygen atoms in total. The fourth-order valence-electron chi connectivity index (χ4n) is 2.84. The standard InChI is InChI=1S/C23H20O2/c1-2-23(21-16-17-21,25-22(24)20-14-7-4-8-15-20)18-10-9-13-19-11-5-3-6-12-19/h1,3-8,11-12,14-15,21H,10,16-18H2. The molecule has 3 rings (SSSR count). The first-order valence-corrected chi connectivity index (χ1v) is 8.53. The Kier molecular flexibility index (Phi) is 5.22. The maximum Gasteiger partial charge on any atom is 0.339 e. The van der Waals surface area contributed by atoms with Crippen molar-refractivity contribution in [2.45, 2.75) is 31.3 Å². The molecule has 0 aromatic heterocycles. The van der Waals surface area contributed by atoms with Gasteiger partial charge in [-0.2, -0.15) is 0 Å². The summed E-state index contributed by atoms with van der Waals surface area (Å²) in [7, 11) is 0. The Morgan fingerprint density at radius 1 is 1.08 bits per heavy atom. The van der Waals surface area contributed by atoms with Gasteiger partial charge < -0.3 is 4.74 Å². The van der Waals surface area contributed by atoms with Crippen molar-refractivity contribution in [2.75, 3.05) is 0 Å². The number of hydrogen-bond acceptors (Lipinski definition) is 2. The first-order valence-electron chi connectivity index (χ1n) is 8.53. The normalized spacial score (nSPS) is 15.2. The maximum atomic E-state index is 12.5. The largest absolute Gasteiger partial charge is 0.442 e. The third-order valence-electron chi connectivity index (χ3n) is 4.39. The molecule has 0 saturated heterocycles. The van der Waals surface area contributed by atoms with Crippen LogP contribution in [0.25, 0.3) is 0 Å². The second-order valence-electron chi connectivity index (χ2n) is 6.23. The molecule has 0 aliphatic heterocycles. The van der Waals surface area contributed by atoms with E-state index in [0.717, 1.165) is 18.4 Å². The van der Waals surface area contributed by atoms with Gasteiger partial charge in [0.25, 0.3) is 0 Å². The Morgan fingerprint density at radius 2 is 1.72 bits per heavy atom. The Bertz CT molecular complexity index is 817. The molecule has 25 heavy (non-hydrogen) atoms. The van der Waals surface area contributed by atoms with Crippen molar-refractivity contribution in [2.24, 2.45) is 5.92 Å². The first-order chi connectivity index (χ1) is 12.2. The van der Waals surface area contributed by atoms with Crippen LogP contribution in [-0.4, -0.2) is 11.6 Å². The van der Waals surface area contributed by atoms with E-state index in [2.05, 4.69) is 17.8 Å². The predicted molar refractivity (Wildman–Crippen MR) is 98.7 cm³/mol. The van der Waals surface area contributed by atoms with E-state index in [4.69, 9.17) is 11.2 Å². The highest BCUT2D eigenvalue weighted by Crippen LogP contribution is 2.44. The van der Waals surface area contributed by atoms with Crippen molar-refractivity contribution in [3.05, 3.63) is 71.8 Å². The zero-order valence-electron chi connectivity index (χ0n) is 14.1. The van der Waals surface area contributed by atoms with Gasteiger partial charge in [0.2, 0.25) is 0 Å². The topological polar surface area (TPSA) is 26.3 Å². The molecular formula is C23H20O2. The Labute approximate surface area is 149 Å². The van der Waals surface area contributed by atoms with Crippen molar-refractivity contribution >= 4 is 5.97 Å². The molecule has 2 aromatic carbocycles. The van der Waals surface area contributed by atoms with Crippen molar-refractivity contribution in [1.29, 1.82) is 0 Å². The quantitative estimate of drug-likeness (QED) is 0.598. The summed E-state index contributed by atoms with van der Waals surface area (Å²) in [6, 6.07) is 18.8. The molecule has 0 amide bonds. The van der Waals surface area contributed by atoms with Crippen LogP contribution < -0.4 is 0 Å². The van der Waals surface area contributed by atoms with Gasteiger partial charge in [-0.1, -0.05) is 54.2 Å². The highest BCUT2D eigenvalue weighted by Gasteiger charge is 2.47. The van der Waals surface area contributed by atoms with Crippen LogP contribution in [0.4, 0.5) is 0 Å². The SMILES string of the molecule is C#CC(CCC#Cc1ccccc1)(OC(=O)c1ccccc1)C1CC1. The zero-order chi connectivity index (χ0) is 17.5. The third-order valence-corrected chi connectivity index (χ3v) is 4.39. The minimum Gasteiger partial charge on any atom is -0.442 e. The third kappa shape index (κ3) is 4.31. The lowest BCUT2D eigenvalue weighted by molar-refractivity contribution is -0.00414. The average molecular weight is 328 g/mol. The van der Waals surface area contributed by atoms with Crippen LogP contribution in [0.5, 0.6) is 0 Å². The number of carbonyl (C=O) groups excluding carboxylic acids is 1. The summed E-state index contributed by atoms with van der Waals surface area (Å²) in [4.78, 5) is 12.5. The van der Waals surface area contributed by atoms with E-state index < -0.39 is 5.60 Å². The van der Waals surface area contributed by atoms with E-state index in [1.807, 2.05) is 48.5 Å². The Hall–Kier alpha value is -2.97. The summed E-state index contributed by atoms with van der Waals surface area (Å²) in [6.07, 6.45) is 8.95. The van der Waals surface area contributed by atoms with Gasteiger partial charge in [0, 0.05) is 24.3 Å². The summed E-state index contributed by atoms with van der Waals surface area (Å²) < 4.78 is 5.81. The highest BCUT2D eigenvalue weighted by atomic mass is 16.6. The number of terminal acetylenes is 1. The molecule has 124 valence electrons. The molecule has 0 heterocycles. The molecule has 0 bridgehead atoms. The lowest BCUT2D eigenvalue weighted by Crippen LogP contribution is -2.36. The molecule has 1 aliphatic rings.